The average Bonchev–Trinajstić information content (AvgIpc) is 2.94. The largest absolute Gasteiger partial charge is 0.465 e. The summed E-state index contributed by atoms with van der Waals surface area (Å²) in [6.07, 6.45) is 1.57. The van der Waals surface area contributed by atoms with Gasteiger partial charge in [-0.3, -0.25) is 9.78 Å². The van der Waals surface area contributed by atoms with Gasteiger partial charge in [-0.25, -0.2) is 18.1 Å². The van der Waals surface area contributed by atoms with Crippen LogP contribution in [0.25, 0.3) is 11.3 Å². The normalized spacial score (nSPS) is 18.5. The summed E-state index contributed by atoms with van der Waals surface area (Å²) >= 11 is 0. The van der Waals surface area contributed by atoms with E-state index in [1.54, 1.807) is 36.3 Å². The van der Waals surface area contributed by atoms with E-state index in [-0.39, 0.29) is 34.1 Å². The standard InChI is InChI=1S/C31H33N5O4S/c1-19(2)16-26-29(24-14-6-7-15-32-24)40-27-18-25(28-20(3)10-8-11-21(28)4)33-31(34-27)35-41(38,39)23-13-9-12-22(17-23)30(37)36(26)5/h6-15,17-19,26,29H,16H2,1-5H3,(H,33,34,35)/t26-,29?/m1/s1. The maximum absolute atomic E-state index is 13.8. The molecule has 212 valence electrons. The van der Waals surface area contributed by atoms with E-state index >= 15 is 0 Å². The number of amides is 1. The number of aryl methyl sites for hydroxylation is 2. The van der Waals surface area contributed by atoms with Crippen LogP contribution in [0, 0.1) is 19.8 Å². The van der Waals surface area contributed by atoms with Gasteiger partial charge in [0.05, 0.1) is 22.3 Å². The Morgan fingerprint density at radius 2 is 1.71 bits per heavy atom. The van der Waals surface area contributed by atoms with E-state index in [0.717, 1.165) is 16.7 Å². The minimum absolute atomic E-state index is 0.0683. The van der Waals surface area contributed by atoms with Gasteiger partial charge in [0, 0.05) is 30.4 Å². The monoisotopic (exact) mass is 571 g/mol. The summed E-state index contributed by atoms with van der Waals surface area (Å²) in [6.45, 7) is 8.10. The highest BCUT2D eigenvalue weighted by Crippen LogP contribution is 2.34. The van der Waals surface area contributed by atoms with E-state index in [2.05, 4.69) is 33.5 Å². The van der Waals surface area contributed by atoms with Gasteiger partial charge < -0.3 is 9.64 Å². The smallest absolute Gasteiger partial charge is 0.264 e. The van der Waals surface area contributed by atoms with Gasteiger partial charge in [-0.2, -0.15) is 4.98 Å². The topological polar surface area (TPSA) is 114 Å². The third kappa shape index (κ3) is 5.92. The Hall–Kier alpha value is -4.31. The molecule has 1 N–H and O–H groups in total. The van der Waals surface area contributed by atoms with Crippen LogP contribution in [0.3, 0.4) is 0 Å². The first kappa shape index (κ1) is 28.2. The van der Waals surface area contributed by atoms with Crippen molar-refractivity contribution in [2.75, 3.05) is 11.8 Å². The number of hydrogen-bond acceptors (Lipinski definition) is 7. The second-order valence-corrected chi connectivity index (χ2v) is 12.4. The van der Waals surface area contributed by atoms with Crippen molar-refractivity contribution in [3.63, 3.8) is 0 Å². The van der Waals surface area contributed by atoms with Crippen molar-refractivity contribution < 1.29 is 17.9 Å². The molecule has 0 saturated heterocycles. The number of benzene rings is 2. The fraction of sp³-hybridized carbons (Fsp3) is 0.290. The molecule has 10 heteroatoms. The van der Waals surface area contributed by atoms with Crippen molar-refractivity contribution in [2.24, 2.45) is 5.92 Å². The summed E-state index contributed by atoms with van der Waals surface area (Å²) in [5.74, 6) is -0.0954. The summed E-state index contributed by atoms with van der Waals surface area (Å²) < 4.78 is 36.1. The second kappa shape index (κ2) is 11.3. The van der Waals surface area contributed by atoms with E-state index in [4.69, 9.17) is 4.74 Å². The van der Waals surface area contributed by atoms with Crippen LogP contribution >= 0.6 is 0 Å². The molecule has 3 heterocycles. The highest BCUT2D eigenvalue weighted by molar-refractivity contribution is 7.92. The Balaban J connectivity index is 1.77. The molecule has 2 aromatic heterocycles. The van der Waals surface area contributed by atoms with Crippen LogP contribution in [0.4, 0.5) is 5.95 Å². The average molecular weight is 572 g/mol. The molecular weight excluding hydrogens is 538 g/mol. The highest BCUT2D eigenvalue weighted by atomic mass is 32.2. The Bertz CT molecular complexity index is 1670. The molecule has 0 fully saturated rings. The van der Waals surface area contributed by atoms with E-state index in [9.17, 15) is 13.2 Å². The number of carbonyl (C=O) groups is 1. The Kier molecular flexibility index (Phi) is 7.77. The third-order valence-corrected chi connectivity index (χ3v) is 8.49. The molecule has 0 spiro atoms. The Morgan fingerprint density at radius 3 is 2.39 bits per heavy atom. The fourth-order valence-electron chi connectivity index (χ4n) is 5.19. The molecule has 41 heavy (non-hydrogen) atoms. The molecule has 0 aliphatic carbocycles. The summed E-state index contributed by atoms with van der Waals surface area (Å²) in [5, 5.41) is 0. The molecule has 2 atom stereocenters. The quantitative estimate of drug-likeness (QED) is 0.340. The number of hydrogen-bond donors (Lipinski definition) is 1. The molecular formula is C31H33N5O4S. The van der Waals surface area contributed by atoms with Crippen molar-refractivity contribution in [3.8, 4) is 17.1 Å². The van der Waals surface area contributed by atoms with Gasteiger partial charge in [0.2, 0.25) is 11.8 Å². The number of sulfonamides is 1. The molecule has 1 amide bonds. The van der Waals surface area contributed by atoms with Crippen molar-refractivity contribution in [2.45, 2.75) is 51.2 Å². The zero-order chi connectivity index (χ0) is 29.3. The molecule has 4 aromatic rings. The molecule has 1 aliphatic rings. The third-order valence-electron chi connectivity index (χ3n) is 7.16. The van der Waals surface area contributed by atoms with Gasteiger partial charge in [0.25, 0.3) is 15.9 Å². The van der Waals surface area contributed by atoms with Crippen molar-refractivity contribution >= 4 is 21.9 Å². The summed E-state index contributed by atoms with van der Waals surface area (Å²) in [6, 6.07) is 18.7. The van der Waals surface area contributed by atoms with Gasteiger partial charge >= 0.3 is 0 Å². The predicted molar refractivity (Wildman–Crippen MR) is 157 cm³/mol. The van der Waals surface area contributed by atoms with E-state index in [1.165, 1.54) is 12.1 Å². The molecule has 0 saturated carbocycles. The van der Waals surface area contributed by atoms with E-state index in [1.807, 2.05) is 50.2 Å². The number of nitrogens with zero attached hydrogens (tertiary/aromatic N) is 4. The number of carbonyl (C=O) groups excluding carboxylic acids is 1. The molecule has 9 nitrogen and oxygen atoms in total. The van der Waals surface area contributed by atoms with Gasteiger partial charge in [-0.05, 0) is 67.6 Å². The number of aromatic nitrogens is 3. The van der Waals surface area contributed by atoms with Crippen LogP contribution < -0.4 is 9.46 Å². The van der Waals surface area contributed by atoms with Gasteiger partial charge in [-0.15, -0.1) is 0 Å². The second-order valence-electron chi connectivity index (χ2n) is 10.7. The molecule has 1 aliphatic heterocycles. The highest BCUT2D eigenvalue weighted by Gasteiger charge is 2.35. The van der Waals surface area contributed by atoms with E-state index in [0.29, 0.717) is 17.8 Å². The van der Waals surface area contributed by atoms with Crippen molar-refractivity contribution in [1.29, 1.82) is 0 Å². The maximum atomic E-state index is 13.8. The van der Waals surface area contributed by atoms with Crippen LogP contribution in [0.5, 0.6) is 5.88 Å². The minimum atomic E-state index is -4.13. The number of pyridine rings is 1. The lowest BCUT2D eigenvalue weighted by Crippen LogP contribution is -2.44. The number of ether oxygens (including phenoxy) is 1. The summed E-state index contributed by atoms with van der Waals surface area (Å²) in [7, 11) is -2.42. The molecule has 2 aromatic carbocycles. The van der Waals surface area contributed by atoms with E-state index < -0.39 is 22.2 Å². The van der Waals surface area contributed by atoms with Crippen LogP contribution in [0.2, 0.25) is 0 Å². The minimum Gasteiger partial charge on any atom is -0.465 e. The molecule has 5 rings (SSSR count). The lowest BCUT2D eigenvalue weighted by molar-refractivity contribution is 0.0434. The molecule has 1 unspecified atom stereocenters. The Labute approximate surface area is 240 Å². The SMILES string of the molecule is Cc1cccc(C)c1-c1cc2nc(n1)NS(=O)(=O)c1cccc(c1)C(=O)N(C)[C@H](CC(C)C)C(c1ccccn1)O2. The molecule has 0 radical (unpaired) electrons. The van der Waals surface area contributed by atoms with Crippen molar-refractivity contribution in [3.05, 3.63) is 95.3 Å². The first-order chi connectivity index (χ1) is 19.5. The van der Waals surface area contributed by atoms with Crippen LogP contribution in [-0.2, 0) is 10.0 Å². The number of fused-ring (bicyclic) bond motifs is 4. The number of likely N-dealkylation sites (N-methyl/N-ethyl adjacent to an activating group) is 1. The van der Waals surface area contributed by atoms with Gasteiger partial charge in [0.15, 0.2) is 6.10 Å². The summed E-state index contributed by atoms with van der Waals surface area (Å²) in [5.41, 5.74) is 4.17. The lowest BCUT2D eigenvalue weighted by atomic mass is 9.95. The van der Waals surface area contributed by atoms with Gasteiger partial charge in [-0.1, -0.05) is 44.2 Å². The predicted octanol–water partition coefficient (Wildman–Crippen LogP) is 5.58. The summed E-state index contributed by atoms with van der Waals surface area (Å²) in [4.78, 5) is 29.0. The van der Waals surface area contributed by atoms with Crippen LogP contribution in [-0.4, -0.2) is 47.3 Å². The number of nitrogens with one attached hydrogen (secondary N) is 1. The zero-order valence-electron chi connectivity index (χ0n) is 23.7. The van der Waals surface area contributed by atoms with Crippen molar-refractivity contribution in [1.82, 2.24) is 19.9 Å². The first-order valence-corrected chi connectivity index (χ1v) is 14.9. The van der Waals surface area contributed by atoms with Gasteiger partial charge in [0.1, 0.15) is 0 Å². The Morgan fingerprint density at radius 1 is 0.976 bits per heavy atom. The maximum Gasteiger partial charge on any atom is 0.264 e. The number of rotatable bonds is 4. The molecule has 4 bridgehead atoms. The fourth-order valence-corrected chi connectivity index (χ4v) is 6.17. The first-order valence-electron chi connectivity index (χ1n) is 13.5. The van der Waals surface area contributed by atoms with Crippen LogP contribution in [0.15, 0.2) is 77.8 Å². The number of anilines is 1. The lowest BCUT2D eigenvalue weighted by Gasteiger charge is -2.35. The zero-order valence-corrected chi connectivity index (χ0v) is 24.5. The van der Waals surface area contributed by atoms with Crippen LogP contribution in [0.1, 0.15) is 53.6 Å².